The van der Waals surface area contributed by atoms with E-state index in [2.05, 4.69) is 16.4 Å². The molecule has 0 atom stereocenters. The number of hydrogen-bond donors (Lipinski definition) is 1. The lowest BCUT2D eigenvalue weighted by atomic mass is 10.1. The van der Waals surface area contributed by atoms with Crippen molar-refractivity contribution in [3.05, 3.63) is 92.3 Å². The van der Waals surface area contributed by atoms with E-state index in [1.54, 1.807) is 30.3 Å². The van der Waals surface area contributed by atoms with Crippen molar-refractivity contribution in [2.75, 3.05) is 6.61 Å². The summed E-state index contributed by atoms with van der Waals surface area (Å²) in [5.74, 6) is 0.806. The standard InChI is InChI=1S/C26H19Cl2N3O3S/c1-2-33-20-9-7-19(8-10-20)30-26-31-25(32)23(35-26)13-16-11-21(27)24(22(28)12-16)34-15-18-6-4-3-5-17(18)14-29/h3-13H,2,15H2,1H3,(H,30,31,32)/b23-13+. The molecule has 0 aromatic heterocycles. The molecule has 3 aromatic rings. The van der Waals surface area contributed by atoms with Gasteiger partial charge in [0, 0.05) is 5.56 Å². The van der Waals surface area contributed by atoms with E-state index in [-0.39, 0.29) is 12.5 Å². The fourth-order valence-electron chi connectivity index (χ4n) is 3.24. The Kier molecular flexibility index (Phi) is 7.98. The molecule has 1 fully saturated rings. The van der Waals surface area contributed by atoms with Crippen LogP contribution >= 0.6 is 35.0 Å². The molecule has 0 spiro atoms. The normalized spacial score (nSPS) is 15.2. The first kappa shape index (κ1) is 24.7. The number of benzene rings is 3. The van der Waals surface area contributed by atoms with Gasteiger partial charge in [-0.15, -0.1) is 0 Å². The number of amides is 1. The summed E-state index contributed by atoms with van der Waals surface area (Å²) in [7, 11) is 0. The van der Waals surface area contributed by atoms with Gasteiger partial charge in [0.05, 0.1) is 38.9 Å². The molecular formula is C26H19Cl2N3O3S. The highest BCUT2D eigenvalue weighted by molar-refractivity contribution is 8.18. The summed E-state index contributed by atoms with van der Waals surface area (Å²) in [6, 6.07) is 19.9. The highest BCUT2D eigenvalue weighted by Crippen LogP contribution is 2.37. The number of carbonyl (C=O) groups excluding carboxylic acids is 1. The van der Waals surface area contributed by atoms with Crippen LogP contribution in [-0.4, -0.2) is 17.7 Å². The second kappa shape index (κ2) is 11.3. The summed E-state index contributed by atoms with van der Waals surface area (Å²) >= 11 is 14.1. The van der Waals surface area contributed by atoms with Crippen LogP contribution in [0.3, 0.4) is 0 Å². The molecule has 1 saturated heterocycles. The number of carbonyl (C=O) groups is 1. The first-order chi connectivity index (χ1) is 17.0. The van der Waals surface area contributed by atoms with Crippen LogP contribution in [-0.2, 0) is 11.4 Å². The first-order valence-electron chi connectivity index (χ1n) is 10.6. The van der Waals surface area contributed by atoms with Crippen LogP contribution in [0, 0.1) is 11.3 Å². The maximum atomic E-state index is 12.5. The molecule has 1 aliphatic rings. The second-order valence-corrected chi connectivity index (χ2v) is 9.12. The van der Waals surface area contributed by atoms with Gasteiger partial charge in [0.15, 0.2) is 10.9 Å². The molecule has 9 heteroatoms. The lowest BCUT2D eigenvalue weighted by Gasteiger charge is -2.12. The number of nitrogens with one attached hydrogen (secondary N) is 1. The van der Waals surface area contributed by atoms with Crippen LogP contribution in [0.25, 0.3) is 6.08 Å². The molecule has 0 aliphatic carbocycles. The van der Waals surface area contributed by atoms with Gasteiger partial charge in [-0.05, 0) is 72.8 Å². The summed E-state index contributed by atoms with van der Waals surface area (Å²) < 4.78 is 11.2. The van der Waals surface area contributed by atoms with Gasteiger partial charge in [0.2, 0.25) is 0 Å². The fraction of sp³-hybridized carbons (Fsp3) is 0.115. The molecule has 1 aliphatic heterocycles. The molecular weight excluding hydrogens is 505 g/mol. The minimum Gasteiger partial charge on any atom is -0.494 e. The summed E-state index contributed by atoms with van der Waals surface area (Å²) in [5.41, 5.74) is 2.59. The molecule has 0 saturated carbocycles. The van der Waals surface area contributed by atoms with Crippen LogP contribution < -0.4 is 14.8 Å². The van der Waals surface area contributed by atoms with E-state index in [9.17, 15) is 10.1 Å². The average Bonchev–Trinajstić information content (AvgIpc) is 3.18. The Morgan fingerprint density at radius 2 is 1.80 bits per heavy atom. The van der Waals surface area contributed by atoms with Crippen molar-refractivity contribution in [1.29, 1.82) is 5.26 Å². The third-order valence-corrected chi connectivity index (χ3v) is 6.33. The Bertz CT molecular complexity index is 1340. The molecule has 176 valence electrons. The van der Waals surface area contributed by atoms with Gasteiger partial charge < -0.3 is 14.8 Å². The Balaban J connectivity index is 1.48. The smallest absolute Gasteiger partial charge is 0.264 e. The second-order valence-electron chi connectivity index (χ2n) is 7.28. The predicted molar refractivity (Wildman–Crippen MR) is 140 cm³/mol. The molecule has 0 bridgehead atoms. The zero-order valence-corrected chi connectivity index (χ0v) is 20.9. The van der Waals surface area contributed by atoms with Crippen molar-refractivity contribution >= 4 is 57.8 Å². The third-order valence-electron chi connectivity index (χ3n) is 4.86. The number of nitrogens with zero attached hydrogens (tertiary/aromatic N) is 2. The molecule has 6 nitrogen and oxygen atoms in total. The largest absolute Gasteiger partial charge is 0.494 e. The van der Waals surface area contributed by atoms with Crippen LogP contribution in [0.5, 0.6) is 11.5 Å². The molecule has 4 rings (SSSR count). The number of nitriles is 1. The number of rotatable bonds is 7. The van der Waals surface area contributed by atoms with Crippen LogP contribution in [0.2, 0.25) is 10.0 Å². The molecule has 0 unspecified atom stereocenters. The van der Waals surface area contributed by atoms with Gasteiger partial charge in [-0.1, -0.05) is 41.4 Å². The highest BCUT2D eigenvalue weighted by Gasteiger charge is 2.24. The maximum absolute atomic E-state index is 12.5. The Morgan fingerprint density at radius 1 is 1.09 bits per heavy atom. The van der Waals surface area contributed by atoms with E-state index in [4.69, 9.17) is 32.7 Å². The minimum absolute atomic E-state index is 0.146. The van der Waals surface area contributed by atoms with Crippen molar-refractivity contribution in [3.8, 4) is 17.6 Å². The average molecular weight is 524 g/mol. The monoisotopic (exact) mass is 523 g/mol. The fourth-order valence-corrected chi connectivity index (χ4v) is 4.69. The number of ether oxygens (including phenoxy) is 2. The van der Waals surface area contributed by atoms with Gasteiger partial charge in [-0.25, -0.2) is 4.99 Å². The Hall–Kier alpha value is -3.44. The van der Waals surface area contributed by atoms with E-state index in [0.717, 1.165) is 11.3 Å². The van der Waals surface area contributed by atoms with Crippen molar-refractivity contribution in [3.63, 3.8) is 0 Å². The van der Waals surface area contributed by atoms with Crippen LogP contribution in [0.4, 0.5) is 5.69 Å². The molecule has 3 aromatic carbocycles. The summed E-state index contributed by atoms with van der Waals surface area (Å²) in [6.07, 6.45) is 1.69. The van der Waals surface area contributed by atoms with Gasteiger partial charge in [0.25, 0.3) is 5.91 Å². The Labute approximate surface area is 217 Å². The van der Waals surface area contributed by atoms with E-state index in [1.165, 1.54) is 11.8 Å². The van der Waals surface area contributed by atoms with Crippen LogP contribution in [0.15, 0.2) is 70.6 Å². The number of hydrogen-bond acceptors (Lipinski definition) is 6. The van der Waals surface area contributed by atoms with E-state index in [1.807, 2.05) is 43.3 Å². The molecule has 1 N–H and O–H groups in total. The van der Waals surface area contributed by atoms with Gasteiger partial charge >= 0.3 is 0 Å². The zero-order chi connectivity index (χ0) is 24.8. The third kappa shape index (κ3) is 6.17. The molecule has 0 radical (unpaired) electrons. The number of thioether (sulfide) groups is 1. The molecule has 1 amide bonds. The maximum Gasteiger partial charge on any atom is 0.264 e. The van der Waals surface area contributed by atoms with Gasteiger partial charge in [0.1, 0.15) is 12.4 Å². The number of halogens is 2. The quantitative estimate of drug-likeness (QED) is 0.347. The van der Waals surface area contributed by atoms with E-state index >= 15 is 0 Å². The number of aliphatic imine (C=N–C) groups is 1. The number of amidine groups is 1. The van der Waals surface area contributed by atoms with Crippen molar-refractivity contribution in [2.24, 2.45) is 4.99 Å². The van der Waals surface area contributed by atoms with E-state index in [0.29, 0.717) is 49.3 Å². The lowest BCUT2D eigenvalue weighted by molar-refractivity contribution is -0.115. The highest BCUT2D eigenvalue weighted by atomic mass is 35.5. The summed E-state index contributed by atoms with van der Waals surface area (Å²) in [5, 5.41) is 13.1. The SMILES string of the molecule is CCOc1ccc(N=C2NC(=O)/C(=C\c3cc(Cl)c(OCc4ccccc4C#N)c(Cl)c3)S2)cc1. The van der Waals surface area contributed by atoms with Crippen molar-refractivity contribution in [1.82, 2.24) is 5.32 Å². The van der Waals surface area contributed by atoms with Gasteiger partial charge in [-0.2, -0.15) is 5.26 Å². The van der Waals surface area contributed by atoms with Crippen molar-refractivity contribution in [2.45, 2.75) is 13.5 Å². The van der Waals surface area contributed by atoms with Gasteiger partial charge in [-0.3, -0.25) is 4.79 Å². The Morgan fingerprint density at radius 3 is 2.49 bits per heavy atom. The van der Waals surface area contributed by atoms with Crippen molar-refractivity contribution < 1.29 is 14.3 Å². The van der Waals surface area contributed by atoms with Crippen LogP contribution in [0.1, 0.15) is 23.6 Å². The zero-order valence-electron chi connectivity index (χ0n) is 18.5. The van der Waals surface area contributed by atoms with E-state index < -0.39 is 0 Å². The minimum atomic E-state index is -0.264. The first-order valence-corrected chi connectivity index (χ1v) is 12.2. The predicted octanol–water partition coefficient (Wildman–Crippen LogP) is 6.73. The summed E-state index contributed by atoms with van der Waals surface area (Å²) in [4.78, 5) is 17.4. The molecule has 35 heavy (non-hydrogen) atoms. The topological polar surface area (TPSA) is 83.7 Å². The lowest BCUT2D eigenvalue weighted by Crippen LogP contribution is -2.19. The summed E-state index contributed by atoms with van der Waals surface area (Å²) in [6.45, 7) is 2.65. The molecule has 1 heterocycles.